The lowest BCUT2D eigenvalue weighted by molar-refractivity contribution is -0.133. The number of carbonyl (C=O) groups excluding carboxylic acids is 1. The molecule has 0 aromatic heterocycles. The van der Waals surface area contributed by atoms with Crippen molar-refractivity contribution in [3.8, 4) is 0 Å². The molecule has 0 saturated heterocycles. The Kier molecular flexibility index (Phi) is 5.72. The Balaban J connectivity index is 3.43. The van der Waals surface area contributed by atoms with Gasteiger partial charge in [-0.05, 0) is 12.3 Å². The second-order valence-corrected chi connectivity index (χ2v) is 3.70. The first-order chi connectivity index (χ1) is 5.57. The maximum atomic E-state index is 10.8. The third kappa shape index (κ3) is 5.13. The summed E-state index contributed by atoms with van der Waals surface area (Å²) in [5, 5.41) is 8.31. The second-order valence-electron chi connectivity index (χ2n) is 3.70. The van der Waals surface area contributed by atoms with Crippen molar-refractivity contribution in [2.75, 3.05) is 0 Å². The highest BCUT2D eigenvalue weighted by Gasteiger charge is 2.10. The van der Waals surface area contributed by atoms with Crippen LogP contribution in [0.25, 0.3) is 0 Å². The van der Waals surface area contributed by atoms with E-state index in [4.69, 9.17) is 5.21 Å². The molecule has 0 aliphatic carbocycles. The highest BCUT2D eigenvalue weighted by molar-refractivity contribution is 5.76. The van der Waals surface area contributed by atoms with Crippen LogP contribution in [0.3, 0.4) is 0 Å². The fraction of sp³-hybridized carbons (Fsp3) is 0.889. The molecule has 1 unspecified atom stereocenters. The molecule has 0 bridgehead atoms. The van der Waals surface area contributed by atoms with Crippen LogP contribution in [0.1, 0.15) is 40.0 Å². The van der Waals surface area contributed by atoms with E-state index in [9.17, 15) is 4.79 Å². The van der Waals surface area contributed by atoms with Crippen molar-refractivity contribution in [2.45, 2.75) is 40.0 Å². The molecule has 0 saturated carbocycles. The zero-order valence-electron chi connectivity index (χ0n) is 8.13. The topological polar surface area (TPSA) is 49.3 Å². The van der Waals surface area contributed by atoms with Crippen LogP contribution in [0.4, 0.5) is 0 Å². The van der Waals surface area contributed by atoms with Gasteiger partial charge in [-0.15, -0.1) is 0 Å². The van der Waals surface area contributed by atoms with Gasteiger partial charge in [0.1, 0.15) is 0 Å². The minimum Gasteiger partial charge on any atom is -0.289 e. The van der Waals surface area contributed by atoms with Crippen molar-refractivity contribution in [3.05, 3.63) is 0 Å². The summed E-state index contributed by atoms with van der Waals surface area (Å²) in [6.07, 6.45) is 3.04. The molecule has 3 nitrogen and oxygen atoms in total. The molecule has 0 fully saturated rings. The van der Waals surface area contributed by atoms with E-state index in [2.05, 4.69) is 13.8 Å². The highest BCUT2D eigenvalue weighted by atomic mass is 16.5. The quantitative estimate of drug-likeness (QED) is 0.493. The van der Waals surface area contributed by atoms with E-state index in [-0.39, 0.29) is 11.8 Å². The summed E-state index contributed by atoms with van der Waals surface area (Å²) in [5.41, 5.74) is 1.66. The zero-order chi connectivity index (χ0) is 9.56. The van der Waals surface area contributed by atoms with Gasteiger partial charge in [-0.2, -0.15) is 0 Å². The van der Waals surface area contributed by atoms with Crippen LogP contribution >= 0.6 is 0 Å². The Morgan fingerprint density at radius 3 is 2.33 bits per heavy atom. The minimum atomic E-state index is -0.279. The third-order valence-corrected chi connectivity index (χ3v) is 1.98. The van der Waals surface area contributed by atoms with E-state index >= 15 is 0 Å². The number of hydrogen-bond acceptors (Lipinski definition) is 2. The van der Waals surface area contributed by atoms with E-state index in [1.54, 1.807) is 5.48 Å². The summed E-state index contributed by atoms with van der Waals surface area (Å²) in [6, 6.07) is 0. The molecular formula is C9H19NO2. The molecule has 0 spiro atoms. The van der Waals surface area contributed by atoms with E-state index in [0.29, 0.717) is 5.92 Å². The fourth-order valence-corrected chi connectivity index (χ4v) is 1.07. The second kappa shape index (κ2) is 6.00. The molecule has 72 valence electrons. The molecule has 0 aromatic rings. The standard InChI is InChI=1S/C9H19NO2/c1-7(2)5-4-6-8(3)9(11)10-12/h7-8,12H,4-6H2,1-3H3,(H,10,11). The number of hydroxylamine groups is 1. The Morgan fingerprint density at radius 1 is 1.33 bits per heavy atom. The highest BCUT2D eigenvalue weighted by Crippen LogP contribution is 2.11. The van der Waals surface area contributed by atoms with Gasteiger partial charge in [0.05, 0.1) is 0 Å². The van der Waals surface area contributed by atoms with Gasteiger partial charge in [-0.3, -0.25) is 10.0 Å². The summed E-state index contributed by atoms with van der Waals surface area (Å²) in [4.78, 5) is 10.8. The zero-order valence-corrected chi connectivity index (χ0v) is 8.13. The molecular weight excluding hydrogens is 154 g/mol. The molecule has 0 radical (unpaired) electrons. The lowest BCUT2D eigenvalue weighted by Crippen LogP contribution is -2.25. The van der Waals surface area contributed by atoms with Crippen molar-refractivity contribution < 1.29 is 10.0 Å². The molecule has 0 rings (SSSR count). The summed E-state index contributed by atoms with van der Waals surface area (Å²) >= 11 is 0. The van der Waals surface area contributed by atoms with Crippen LogP contribution < -0.4 is 5.48 Å². The minimum absolute atomic E-state index is 0.0752. The van der Waals surface area contributed by atoms with Crippen LogP contribution in [0, 0.1) is 11.8 Å². The first-order valence-corrected chi connectivity index (χ1v) is 4.51. The fourth-order valence-electron chi connectivity index (χ4n) is 1.07. The van der Waals surface area contributed by atoms with Crippen molar-refractivity contribution in [1.29, 1.82) is 0 Å². The Labute approximate surface area is 74.1 Å². The Morgan fingerprint density at radius 2 is 1.92 bits per heavy atom. The van der Waals surface area contributed by atoms with Crippen molar-refractivity contribution in [3.63, 3.8) is 0 Å². The molecule has 3 heteroatoms. The maximum Gasteiger partial charge on any atom is 0.246 e. The first-order valence-electron chi connectivity index (χ1n) is 4.51. The van der Waals surface area contributed by atoms with Crippen LogP contribution in [0.15, 0.2) is 0 Å². The van der Waals surface area contributed by atoms with Crippen molar-refractivity contribution in [2.24, 2.45) is 11.8 Å². The normalized spacial score (nSPS) is 13.1. The average molecular weight is 173 g/mol. The molecule has 2 N–H and O–H groups in total. The van der Waals surface area contributed by atoms with Crippen molar-refractivity contribution >= 4 is 5.91 Å². The predicted molar refractivity (Wildman–Crippen MR) is 47.8 cm³/mol. The van der Waals surface area contributed by atoms with Crippen LogP contribution in [0.5, 0.6) is 0 Å². The molecule has 0 aromatic carbocycles. The van der Waals surface area contributed by atoms with Gasteiger partial charge >= 0.3 is 0 Å². The molecule has 0 aliphatic heterocycles. The van der Waals surface area contributed by atoms with Crippen LogP contribution in [-0.4, -0.2) is 11.1 Å². The largest absolute Gasteiger partial charge is 0.289 e. The Bertz CT molecular complexity index is 134. The summed E-state index contributed by atoms with van der Waals surface area (Å²) in [6.45, 7) is 6.15. The van der Waals surface area contributed by atoms with Gasteiger partial charge in [0, 0.05) is 5.92 Å². The summed E-state index contributed by atoms with van der Waals surface area (Å²) < 4.78 is 0. The molecule has 12 heavy (non-hydrogen) atoms. The lowest BCUT2D eigenvalue weighted by Gasteiger charge is -2.09. The van der Waals surface area contributed by atoms with Gasteiger partial charge < -0.3 is 0 Å². The van der Waals surface area contributed by atoms with E-state index < -0.39 is 0 Å². The summed E-state index contributed by atoms with van der Waals surface area (Å²) in [7, 11) is 0. The number of carbonyl (C=O) groups is 1. The summed E-state index contributed by atoms with van der Waals surface area (Å²) in [5.74, 6) is 0.335. The van der Waals surface area contributed by atoms with Crippen LogP contribution in [-0.2, 0) is 4.79 Å². The smallest absolute Gasteiger partial charge is 0.246 e. The molecule has 0 aliphatic rings. The third-order valence-electron chi connectivity index (χ3n) is 1.98. The monoisotopic (exact) mass is 173 g/mol. The van der Waals surface area contributed by atoms with Gasteiger partial charge in [0.25, 0.3) is 0 Å². The van der Waals surface area contributed by atoms with Gasteiger partial charge in [0.2, 0.25) is 5.91 Å². The first kappa shape index (κ1) is 11.4. The number of rotatable bonds is 5. The van der Waals surface area contributed by atoms with Crippen molar-refractivity contribution in [1.82, 2.24) is 5.48 Å². The predicted octanol–water partition coefficient (Wildman–Crippen LogP) is 1.95. The van der Waals surface area contributed by atoms with E-state index in [1.807, 2.05) is 6.92 Å². The lowest BCUT2D eigenvalue weighted by atomic mass is 9.99. The molecule has 1 amide bonds. The number of hydrogen-bond donors (Lipinski definition) is 2. The van der Waals surface area contributed by atoms with E-state index in [1.165, 1.54) is 0 Å². The SMILES string of the molecule is CC(C)CCCC(C)C(=O)NO. The van der Waals surface area contributed by atoms with Gasteiger partial charge in [0.15, 0.2) is 0 Å². The maximum absolute atomic E-state index is 10.8. The molecule has 1 atom stereocenters. The molecule has 0 heterocycles. The Hall–Kier alpha value is -0.570. The van der Waals surface area contributed by atoms with E-state index in [0.717, 1.165) is 19.3 Å². The van der Waals surface area contributed by atoms with Gasteiger partial charge in [-0.1, -0.05) is 33.6 Å². The van der Waals surface area contributed by atoms with Crippen LogP contribution in [0.2, 0.25) is 0 Å². The number of amides is 1. The number of nitrogens with one attached hydrogen (secondary N) is 1. The van der Waals surface area contributed by atoms with Gasteiger partial charge in [-0.25, -0.2) is 5.48 Å². The average Bonchev–Trinajstić information content (AvgIpc) is 2.02.